The lowest BCUT2D eigenvalue weighted by Crippen LogP contribution is -2.49. The molecule has 2 aromatic carbocycles. The molecule has 1 heterocycles. The average molecular weight is 355 g/mol. The van der Waals surface area contributed by atoms with Crippen molar-refractivity contribution in [2.24, 2.45) is 0 Å². The second kappa shape index (κ2) is 7.53. The van der Waals surface area contributed by atoms with Crippen LogP contribution in [0, 0.1) is 6.92 Å². The Morgan fingerprint density at radius 2 is 2.00 bits per heavy atom. The monoisotopic (exact) mass is 355 g/mol. The first kappa shape index (κ1) is 17.2. The summed E-state index contributed by atoms with van der Waals surface area (Å²) in [5, 5.41) is 3.50. The molecule has 0 bridgehead atoms. The van der Waals surface area contributed by atoms with Crippen molar-refractivity contribution in [2.75, 3.05) is 5.32 Å². The number of benzene rings is 2. The normalized spacial score (nSPS) is 15.0. The van der Waals surface area contributed by atoms with E-state index in [-0.39, 0.29) is 5.91 Å². The maximum absolute atomic E-state index is 12.3. The number of carbonyl (C=O) groups excluding carboxylic acids is 1. The molecule has 0 unspecified atom stereocenters. The van der Waals surface area contributed by atoms with Gasteiger partial charge in [0.15, 0.2) is 11.2 Å². The lowest BCUT2D eigenvalue weighted by atomic mass is 10.1. The van der Waals surface area contributed by atoms with Crippen LogP contribution < -0.4 is 20.9 Å². The van der Waals surface area contributed by atoms with Gasteiger partial charge < -0.3 is 10.1 Å². The van der Waals surface area contributed by atoms with E-state index >= 15 is 0 Å². The van der Waals surface area contributed by atoms with Gasteiger partial charge in [-0.2, -0.15) is 0 Å². The smallest absolute Gasteiger partial charge is 0.279 e. The molecular formula is C19H21N3O2S. The molecule has 130 valence electrons. The number of amides is 1. The van der Waals surface area contributed by atoms with Crippen molar-refractivity contribution in [3.8, 4) is 5.75 Å². The zero-order valence-electron chi connectivity index (χ0n) is 14.3. The van der Waals surface area contributed by atoms with E-state index in [1.165, 1.54) is 5.56 Å². The number of rotatable bonds is 3. The number of hydrazine groups is 1. The van der Waals surface area contributed by atoms with E-state index in [1.54, 1.807) is 0 Å². The van der Waals surface area contributed by atoms with E-state index < -0.39 is 6.10 Å². The molecule has 1 aliphatic rings. The molecule has 0 saturated carbocycles. The number of para-hydroxylation sites is 2. The maximum Gasteiger partial charge on any atom is 0.279 e. The summed E-state index contributed by atoms with van der Waals surface area (Å²) >= 11 is 5.29. The van der Waals surface area contributed by atoms with Crippen LogP contribution in [0.4, 0.5) is 5.69 Å². The first-order valence-electron chi connectivity index (χ1n) is 8.28. The Hall–Kier alpha value is -2.60. The summed E-state index contributed by atoms with van der Waals surface area (Å²) in [5.74, 6) is 0.511. The number of aryl methyl sites for hydroxylation is 2. The van der Waals surface area contributed by atoms with Crippen molar-refractivity contribution in [3.63, 3.8) is 0 Å². The third kappa shape index (κ3) is 3.91. The Balaban J connectivity index is 1.54. The van der Waals surface area contributed by atoms with Gasteiger partial charge >= 0.3 is 0 Å². The molecule has 0 radical (unpaired) electrons. The molecule has 25 heavy (non-hydrogen) atoms. The van der Waals surface area contributed by atoms with Gasteiger partial charge in [-0.15, -0.1) is 0 Å². The van der Waals surface area contributed by atoms with Crippen LogP contribution in [0.5, 0.6) is 5.75 Å². The Kier molecular flexibility index (Phi) is 5.19. The van der Waals surface area contributed by atoms with Crippen molar-refractivity contribution >= 4 is 28.9 Å². The number of hydrogen-bond acceptors (Lipinski definition) is 3. The highest BCUT2D eigenvalue weighted by atomic mass is 32.1. The van der Waals surface area contributed by atoms with E-state index in [1.807, 2.05) is 43.3 Å². The number of fused-ring (bicyclic) bond motifs is 1. The minimum Gasteiger partial charge on any atom is -0.480 e. The minimum absolute atomic E-state index is 0.249. The average Bonchev–Trinajstić information content (AvgIpc) is 3.05. The van der Waals surface area contributed by atoms with Gasteiger partial charge in [-0.05, 0) is 48.3 Å². The van der Waals surface area contributed by atoms with Crippen LogP contribution in [0.2, 0.25) is 0 Å². The Labute approximate surface area is 152 Å². The largest absolute Gasteiger partial charge is 0.480 e. The maximum atomic E-state index is 12.3. The topological polar surface area (TPSA) is 62.4 Å². The molecule has 0 saturated heterocycles. The fourth-order valence-electron chi connectivity index (χ4n) is 2.87. The quantitative estimate of drug-likeness (QED) is 0.584. The fourth-order valence-corrected chi connectivity index (χ4v) is 3.03. The zero-order valence-corrected chi connectivity index (χ0v) is 15.1. The lowest BCUT2D eigenvalue weighted by molar-refractivity contribution is -0.127. The summed E-state index contributed by atoms with van der Waals surface area (Å²) in [6, 6.07) is 13.8. The molecule has 1 aliphatic heterocycles. The molecule has 6 heteroatoms. The number of thiocarbonyl (C=S) groups is 1. The predicted molar refractivity (Wildman–Crippen MR) is 103 cm³/mol. The SMILES string of the molecule is CCc1cccc(C)c1NC(=S)NNC(=O)[C@@H]1Cc2ccccc2O1. The van der Waals surface area contributed by atoms with Crippen LogP contribution in [-0.2, 0) is 17.6 Å². The number of hydrogen-bond donors (Lipinski definition) is 3. The Morgan fingerprint density at radius 3 is 2.76 bits per heavy atom. The summed E-state index contributed by atoms with van der Waals surface area (Å²) < 4.78 is 5.66. The molecule has 0 aliphatic carbocycles. The van der Waals surface area contributed by atoms with E-state index in [0.29, 0.717) is 11.5 Å². The molecule has 5 nitrogen and oxygen atoms in total. The molecule has 3 rings (SSSR count). The number of carbonyl (C=O) groups is 1. The third-order valence-electron chi connectivity index (χ3n) is 4.22. The van der Waals surface area contributed by atoms with E-state index in [4.69, 9.17) is 17.0 Å². The Morgan fingerprint density at radius 1 is 1.20 bits per heavy atom. The van der Waals surface area contributed by atoms with Crippen molar-refractivity contribution in [1.29, 1.82) is 0 Å². The number of ether oxygens (including phenoxy) is 1. The highest BCUT2D eigenvalue weighted by Crippen LogP contribution is 2.28. The highest BCUT2D eigenvalue weighted by Gasteiger charge is 2.28. The first-order chi connectivity index (χ1) is 12.1. The lowest BCUT2D eigenvalue weighted by Gasteiger charge is -2.17. The van der Waals surface area contributed by atoms with Gasteiger partial charge in [-0.1, -0.05) is 43.3 Å². The summed E-state index contributed by atoms with van der Waals surface area (Å²) in [6.07, 6.45) is 0.909. The third-order valence-corrected chi connectivity index (χ3v) is 4.42. The van der Waals surface area contributed by atoms with Crippen LogP contribution in [0.15, 0.2) is 42.5 Å². The van der Waals surface area contributed by atoms with Gasteiger partial charge in [0.25, 0.3) is 5.91 Å². The van der Waals surface area contributed by atoms with Gasteiger partial charge in [0.2, 0.25) is 0 Å². The van der Waals surface area contributed by atoms with Gasteiger partial charge in [-0.3, -0.25) is 15.6 Å². The van der Waals surface area contributed by atoms with Crippen molar-refractivity contribution in [1.82, 2.24) is 10.9 Å². The van der Waals surface area contributed by atoms with Crippen molar-refractivity contribution in [3.05, 3.63) is 59.2 Å². The molecule has 0 spiro atoms. The summed E-state index contributed by atoms with van der Waals surface area (Å²) in [5.41, 5.74) is 9.66. The molecule has 1 atom stereocenters. The molecule has 2 aromatic rings. The van der Waals surface area contributed by atoms with Crippen LogP contribution >= 0.6 is 12.2 Å². The van der Waals surface area contributed by atoms with Crippen LogP contribution in [0.25, 0.3) is 0 Å². The molecule has 1 amide bonds. The number of nitrogens with one attached hydrogen (secondary N) is 3. The molecule has 3 N–H and O–H groups in total. The standard InChI is InChI=1S/C19H21N3O2S/c1-3-13-9-6-7-12(2)17(13)20-19(25)22-21-18(23)16-11-14-8-4-5-10-15(14)24-16/h4-10,16H,3,11H2,1-2H3,(H,21,23)(H2,20,22,25)/t16-/m0/s1. The zero-order chi connectivity index (χ0) is 17.8. The van der Waals surface area contributed by atoms with E-state index in [9.17, 15) is 4.79 Å². The van der Waals surface area contributed by atoms with Crippen LogP contribution in [0.1, 0.15) is 23.6 Å². The van der Waals surface area contributed by atoms with E-state index in [2.05, 4.69) is 29.2 Å². The molecule has 0 fully saturated rings. The summed E-state index contributed by atoms with van der Waals surface area (Å²) in [7, 11) is 0. The second-order valence-electron chi connectivity index (χ2n) is 5.95. The first-order valence-corrected chi connectivity index (χ1v) is 8.69. The number of anilines is 1. The highest BCUT2D eigenvalue weighted by molar-refractivity contribution is 7.80. The van der Waals surface area contributed by atoms with Crippen LogP contribution in [-0.4, -0.2) is 17.1 Å². The molecular weight excluding hydrogens is 334 g/mol. The minimum atomic E-state index is -0.544. The van der Waals surface area contributed by atoms with Crippen molar-refractivity contribution < 1.29 is 9.53 Å². The van der Waals surface area contributed by atoms with Gasteiger partial charge in [0.1, 0.15) is 5.75 Å². The fraction of sp³-hybridized carbons (Fsp3) is 0.263. The van der Waals surface area contributed by atoms with Gasteiger partial charge in [0.05, 0.1) is 0 Å². The molecule has 0 aromatic heterocycles. The van der Waals surface area contributed by atoms with Gasteiger partial charge in [-0.25, -0.2) is 0 Å². The van der Waals surface area contributed by atoms with Crippen LogP contribution in [0.3, 0.4) is 0 Å². The summed E-state index contributed by atoms with van der Waals surface area (Å²) in [6.45, 7) is 4.11. The summed E-state index contributed by atoms with van der Waals surface area (Å²) in [4.78, 5) is 12.3. The van der Waals surface area contributed by atoms with Crippen molar-refractivity contribution in [2.45, 2.75) is 32.8 Å². The Bertz CT molecular complexity index is 782. The second-order valence-corrected chi connectivity index (χ2v) is 6.36. The predicted octanol–water partition coefficient (Wildman–Crippen LogP) is 2.88. The van der Waals surface area contributed by atoms with Gasteiger partial charge in [0, 0.05) is 12.1 Å². The van der Waals surface area contributed by atoms with E-state index in [0.717, 1.165) is 29.0 Å².